The average Bonchev–Trinajstić information content (AvgIpc) is 2.37. The van der Waals surface area contributed by atoms with E-state index in [1.807, 2.05) is 13.8 Å². The molecule has 0 aliphatic carbocycles. The number of carbonyl (C=O) groups excluding carboxylic acids is 1. The van der Waals surface area contributed by atoms with Crippen molar-refractivity contribution in [2.75, 3.05) is 0 Å². The van der Waals surface area contributed by atoms with Gasteiger partial charge in [0.2, 0.25) is 0 Å². The number of esters is 1. The molecule has 0 aliphatic rings. The number of aryl methyl sites for hydroxylation is 1. The van der Waals surface area contributed by atoms with E-state index in [4.69, 9.17) is 9.15 Å². The molecular formula is C9H12O3. The van der Waals surface area contributed by atoms with Crippen molar-refractivity contribution in [2.24, 2.45) is 0 Å². The maximum Gasteiger partial charge on any atom is 0.313 e. The molecule has 1 heterocycles. The fourth-order valence-corrected chi connectivity index (χ4v) is 0.822. The fourth-order valence-electron chi connectivity index (χ4n) is 0.822. The van der Waals surface area contributed by atoms with Gasteiger partial charge < -0.3 is 9.15 Å². The zero-order valence-corrected chi connectivity index (χ0v) is 7.29. The second kappa shape index (κ2) is 3.95. The van der Waals surface area contributed by atoms with Gasteiger partial charge in [0.25, 0.3) is 5.95 Å². The van der Waals surface area contributed by atoms with Crippen LogP contribution < -0.4 is 4.74 Å². The van der Waals surface area contributed by atoms with Gasteiger partial charge in [-0.15, -0.1) is 0 Å². The molecular weight excluding hydrogens is 156 g/mol. The summed E-state index contributed by atoms with van der Waals surface area (Å²) in [6, 6.07) is 1.76. The van der Waals surface area contributed by atoms with Gasteiger partial charge in [-0.25, -0.2) is 0 Å². The molecule has 0 aliphatic heterocycles. The molecule has 0 atom stereocenters. The molecule has 3 heteroatoms. The van der Waals surface area contributed by atoms with Crippen molar-refractivity contribution >= 4 is 5.97 Å². The fraction of sp³-hybridized carbons (Fsp3) is 0.444. The Morgan fingerprint density at radius 2 is 2.42 bits per heavy atom. The topological polar surface area (TPSA) is 39.4 Å². The number of rotatable bonds is 3. The van der Waals surface area contributed by atoms with Crippen LogP contribution in [0.4, 0.5) is 0 Å². The number of hydrogen-bond acceptors (Lipinski definition) is 3. The average molecular weight is 168 g/mol. The third-order valence-corrected chi connectivity index (χ3v) is 1.48. The lowest BCUT2D eigenvalue weighted by molar-refractivity contribution is -0.135. The highest BCUT2D eigenvalue weighted by Gasteiger charge is 2.07. The van der Waals surface area contributed by atoms with Crippen molar-refractivity contribution in [3.8, 4) is 5.95 Å². The van der Waals surface area contributed by atoms with Crippen LogP contribution in [0.1, 0.15) is 25.3 Å². The molecule has 0 radical (unpaired) electrons. The molecule has 3 nitrogen and oxygen atoms in total. The smallest absolute Gasteiger partial charge is 0.313 e. The van der Waals surface area contributed by atoms with Gasteiger partial charge in [-0.05, 0) is 19.4 Å². The highest BCUT2D eigenvalue weighted by Crippen LogP contribution is 2.18. The molecule has 0 N–H and O–H groups in total. The van der Waals surface area contributed by atoms with Gasteiger partial charge in [0.1, 0.15) is 0 Å². The summed E-state index contributed by atoms with van der Waals surface area (Å²) in [6.07, 6.45) is 2.72. The van der Waals surface area contributed by atoms with Gasteiger partial charge >= 0.3 is 5.97 Å². The van der Waals surface area contributed by atoms with Gasteiger partial charge in [-0.2, -0.15) is 0 Å². The Kier molecular flexibility index (Phi) is 2.91. The van der Waals surface area contributed by atoms with Crippen molar-refractivity contribution in [3.63, 3.8) is 0 Å². The lowest BCUT2D eigenvalue weighted by atomic mass is 10.3. The Morgan fingerprint density at radius 3 is 2.92 bits per heavy atom. The summed E-state index contributed by atoms with van der Waals surface area (Å²) in [6.45, 7) is 3.76. The standard InChI is InChI=1S/C9H12O3/c1-3-4-8(10)12-9-7(2)5-6-11-9/h5-6H,3-4H2,1-2H3. The molecule has 0 saturated heterocycles. The monoisotopic (exact) mass is 168 g/mol. The van der Waals surface area contributed by atoms with Crippen LogP contribution in [0.3, 0.4) is 0 Å². The molecule has 0 saturated carbocycles. The van der Waals surface area contributed by atoms with Gasteiger partial charge in [0.15, 0.2) is 0 Å². The summed E-state index contributed by atoms with van der Waals surface area (Å²) in [5.41, 5.74) is 0.847. The third kappa shape index (κ3) is 2.12. The Labute approximate surface area is 71.3 Å². The van der Waals surface area contributed by atoms with E-state index in [2.05, 4.69) is 0 Å². The van der Waals surface area contributed by atoms with E-state index in [9.17, 15) is 4.79 Å². The number of ether oxygens (including phenoxy) is 1. The van der Waals surface area contributed by atoms with Gasteiger partial charge in [0.05, 0.1) is 6.26 Å². The number of furan rings is 1. The minimum atomic E-state index is -0.240. The van der Waals surface area contributed by atoms with Crippen LogP contribution in [0.25, 0.3) is 0 Å². The van der Waals surface area contributed by atoms with Gasteiger partial charge in [-0.1, -0.05) is 6.92 Å². The zero-order valence-electron chi connectivity index (χ0n) is 7.29. The van der Waals surface area contributed by atoms with Crippen molar-refractivity contribution in [1.82, 2.24) is 0 Å². The van der Waals surface area contributed by atoms with E-state index in [-0.39, 0.29) is 5.97 Å². The van der Waals surface area contributed by atoms with E-state index in [1.54, 1.807) is 6.07 Å². The molecule has 12 heavy (non-hydrogen) atoms. The van der Waals surface area contributed by atoms with Crippen molar-refractivity contribution < 1.29 is 13.9 Å². The number of carbonyl (C=O) groups is 1. The highest BCUT2D eigenvalue weighted by molar-refractivity contribution is 5.71. The molecule has 0 bridgehead atoms. The lowest BCUT2D eigenvalue weighted by Crippen LogP contribution is -2.06. The third-order valence-electron chi connectivity index (χ3n) is 1.48. The van der Waals surface area contributed by atoms with E-state index >= 15 is 0 Å². The van der Waals surface area contributed by atoms with Crippen molar-refractivity contribution in [2.45, 2.75) is 26.7 Å². The Hall–Kier alpha value is -1.25. The van der Waals surface area contributed by atoms with Crippen molar-refractivity contribution in [1.29, 1.82) is 0 Å². The maximum atomic E-state index is 11.0. The summed E-state index contributed by atoms with van der Waals surface area (Å²) in [5.74, 6) is 0.0731. The summed E-state index contributed by atoms with van der Waals surface area (Å²) in [4.78, 5) is 11.0. The molecule has 0 fully saturated rings. The first-order chi connectivity index (χ1) is 5.74. The first-order valence-corrected chi connectivity index (χ1v) is 3.98. The van der Waals surface area contributed by atoms with E-state index in [0.29, 0.717) is 12.4 Å². The van der Waals surface area contributed by atoms with E-state index < -0.39 is 0 Å². The molecule has 0 aromatic carbocycles. The van der Waals surface area contributed by atoms with E-state index in [1.165, 1.54) is 6.26 Å². The van der Waals surface area contributed by atoms with Crippen molar-refractivity contribution in [3.05, 3.63) is 17.9 Å². The minimum absolute atomic E-state index is 0.240. The molecule has 66 valence electrons. The summed E-state index contributed by atoms with van der Waals surface area (Å²) in [7, 11) is 0. The minimum Gasteiger partial charge on any atom is -0.434 e. The van der Waals surface area contributed by atoms with Crippen LogP contribution in [0, 0.1) is 6.92 Å². The van der Waals surface area contributed by atoms with Gasteiger partial charge in [0, 0.05) is 12.0 Å². The van der Waals surface area contributed by atoms with Gasteiger partial charge in [-0.3, -0.25) is 4.79 Å². The Morgan fingerprint density at radius 1 is 1.67 bits per heavy atom. The second-order valence-corrected chi connectivity index (χ2v) is 2.62. The summed E-state index contributed by atoms with van der Waals surface area (Å²) >= 11 is 0. The van der Waals surface area contributed by atoms with Crippen LogP contribution in [-0.2, 0) is 4.79 Å². The molecule has 0 amide bonds. The first kappa shape index (κ1) is 8.84. The zero-order chi connectivity index (χ0) is 8.97. The SMILES string of the molecule is CCCC(=O)Oc1occc1C. The number of hydrogen-bond donors (Lipinski definition) is 0. The molecule has 0 unspecified atom stereocenters. The van der Waals surface area contributed by atoms with E-state index in [0.717, 1.165) is 12.0 Å². The first-order valence-electron chi connectivity index (χ1n) is 3.98. The molecule has 1 aromatic rings. The van der Waals surface area contributed by atoms with Crippen LogP contribution in [0.2, 0.25) is 0 Å². The van der Waals surface area contributed by atoms with Crippen LogP contribution in [0.15, 0.2) is 16.7 Å². The van der Waals surface area contributed by atoms with Crippen LogP contribution in [-0.4, -0.2) is 5.97 Å². The van der Waals surface area contributed by atoms with Crippen LogP contribution in [0.5, 0.6) is 5.95 Å². The Bertz CT molecular complexity index is 262. The normalized spacial score (nSPS) is 9.83. The Balaban J connectivity index is 2.52. The maximum absolute atomic E-state index is 11.0. The molecule has 1 rings (SSSR count). The highest BCUT2D eigenvalue weighted by atomic mass is 16.6. The lowest BCUT2D eigenvalue weighted by Gasteiger charge is -1.99. The predicted octanol–water partition coefficient (Wildman–Crippen LogP) is 2.29. The molecule has 0 spiro atoms. The summed E-state index contributed by atoms with van der Waals surface area (Å²) < 4.78 is 9.86. The second-order valence-electron chi connectivity index (χ2n) is 2.62. The summed E-state index contributed by atoms with van der Waals surface area (Å²) in [5, 5.41) is 0. The predicted molar refractivity (Wildman–Crippen MR) is 44.0 cm³/mol. The molecule has 1 aromatic heterocycles. The largest absolute Gasteiger partial charge is 0.434 e. The quantitative estimate of drug-likeness (QED) is 0.650. The van der Waals surface area contributed by atoms with Crippen LogP contribution >= 0.6 is 0 Å².